The van der Waals surface area contributed by atoms with Crippen LogP contribution in [-0.4, -0.2) is 11.1 Å². The molecule has 66 valence electrons. The number of carboxylic acid groups (broad SMARTS) is 1. The molecule has 3 heteroatoms. The van der Waals surface area contributed by atoms with Crippen LogP contribution < -0.4 is 0 Å². The second-order valence-electron chi connectivity index (χ2n) is 2.80. The molecule has 1 N–H and O–H groups in total. The van der Waals surface area contributed by atoms with E-state index in [1.807, 2.05) is 24.3 Å². The summed E-state index contributed by atoms with van der Waals surface area (Å²) in [6.45, 7) is 0. The van der Waals surface area contributed by atoms with Gasteiger partial charge in [0.2, 0.25) is 0 Å². The highest BCUT2D eigenvalue weighted by Gasteiger charge is 2.11. The van der Waals surface area contributed by atoms with Crippen LogP contribution in [0.4, 0.5) is 0 Å². The Morgan fingerprint density at radius 3 is 3.08 bits per heavy atom. The van der Waals surface area contributed by atoms with Crippen molar-refractivity contribution in [1.82, 2.24) is 0 Å². The van der Waals surface area contributed by atoms with Crippen LogP contribution in [0.25, 0.3) is 6.08 Å². The molecule has 13 heavy (non-hydrogen) atoms. The quantitative estimate of drug-likeness (QED) is 0.742. The van der Waals surface area contributed by atoms with Crippen molar-refractivity contribution in [2.24, 2.45) is 0 Å². The van der Waals surface area contributed by atoms with Gasteiger partial charge in [0.05, 0.1) is 0 Å². The normalized spacial score (nSPS) is 13.8. The van der Waals surface area contributed by atoms with Gasteiger partial charge in [-0.3, -0.25) is 0 Å². The lowest BCUT2D eigenvalue weighted by atomic mass is 10.2. The molecule has 0 unspecified atom stereocenters. The van der Waals surface area contributed by atoms with Crippen molar-refractivity contribution >= 4 is 23.4 Å². The number of hydrogen-bond acceptors (Lipinski definition) is 2. The third kappa shape index (κ3) is 1.55. The van der Waals surface area contributed by atoms with Crippen LogP contribution in [-0.2, 0) is 6.42 Å². The predicted octanol–water partition coefficient (Wildman–Crippen LogP) is 2.57. The molecule has 0 fully saturated rings. The van der Waals surface area contributed by atoms with Crippen molar-refractivity contribution in [2.75, 3.05) is 0 Å². The third-order valence-electron chi connectivity index (χ3n) is 1.89. The van der Waals surface area contributed by atoms with Gasteiger partial charge in [-0.25, -0.2) is 4.79 Å². The van der Waals surface area contributed by atoms with Crippen LogP contribution in [0.3, 0.4) is 0 Å². The zero-order chi connectivity index (χ0) is 9.26. The number of fused-ring (bicyclic) bond motifs is 1. The van der Waals surface area contributed by atoms with E-state index in [-0.39, 0.29) is 0 Å². The highest BCUT2D eigenvalue weighted by Crippen LogP contribution is 2.26. The van der Waals surface area contributed by atoms with E-state index in [1.165, 1.54) is 11.3 Å². The van der Waals surface area contributed by atoms with Crippen LogP contribution in [0.2, 0.25) is 0 Å². The minimum absolute atomic E-state index is 0.421. The van der Waals surface area contributed by atoms with Gasteiger partial charge in [0.15, 0.2) is 0 Å². The Balaban J connectivity index is 2.46. The van der Waals surface area contributed by atoms with Crippen LogP contribution in [0.1, 0.15) is 20.1 Å². The van der Waals surface area contributed by atoms with Crippen LogP contribution in [0.15, 0.2) is 24.3 Å². The van der Waals surface area contributed by atoms with Crippen LogP contribution in [0, 0.1) is 0 Å². The molecule has 1 aromatic heterocycles. The Bertz CT molecular complexity index is 399. The number of carboxylic acids is 1. The summed E-state index contributed by atoms with van der Waals surface area (Å²) >= 11 is 1.33. The summed E-state index contributed by atoms with van der Waals surface area (Å²) < 4.78 is 0. The van der Waals surface area contributed by atoms with Gasteiger partial charge < -0.3 is 5.11 Å². The molecule has 2 nitrogen and oxygen atoms in total. The van der Waals surface area contributed by atoms with Crippen molar-refractivity contribution in [2.45, 2.75) is 6.42 Å². The molecule has 0 atom stereocenters. The molecule has 1 aliphatic rings. The summed E-state index contributed by atoms with van der Waals surface area (Å²) in [5.74, 6) is -0.838. The Hall–Kier alpha value is -1.35. The number of allylic oxidation sites excluding steroid dienone is 3. The van der Waals surface area contributed by atoms with Gasteiger partial charge in [0, 0.05) is 4.88 Å². The average Bonchev–Trinajstić information content (AvgIpc) is 2.38. The molecule has 2 rings (SSSR count). The van der Waals surface area contributed by atoms with Crippen molar-refractivity contribution in [3.05, 3.63) is 39.6 Å². The van der Waals surface area contributed by atoms with Crippen molar-refractivity contribution in [3.8, 4) is 0 Å². The van der Waals surface area contributed by atoms with E-state index in [4.69, 9.17) is 5.11 Å². The number of aromatic carboxylic acids is 1. The Labute approximate surface area is 79.8 Å². The molecular formula is C10H8O2S. The molecule has 1 heterocycles. The van der Waals surface area contributed by atoms with Gasteiger partial charge in [-0.1, -0.05) is 18.2 Å². The topological polar surface area (TPSA) is 37.3 Å². The molecule has 0 aliphatic heterocycles. The maximum Gasteiger partial charge on any atom is 0.345 e. The molecule has 1 aliphatic carbocycles. The second-order valence-corrected chi connectivity index (χ2v) is 3.88. The van der Waals surface area contributed by atoms with Gasteiger partial charge in [-0.2, -0.15) is 0 Å². The number of thiophene rings is 1. The van der Waals surface area contributed by atoms with Crippen LogP contribution in [0.5, 0.6) is 0 Å². The lowest BCUT2D eigenvalue weighted by Crippen LogP contribution is -1.90. The van der Waals surface area contributed by atoms with Crippen molar-refractivity contribution in [3.63, 3.8) is 0 Å². The van der Waals surface area contributed by atoms with E-state index in [0.29, 0.717) is 4.88 Å². The van der Waals surface area contributed by atoms with Gasteiger partial charge in [0.25, 0.3) is 0 Å². The molecule has 0 saturated heterocycles. The molecule has 0 bridgehead atoms. The second kappa shape index (κ2) is 3.18. The fraction of sp³-hybridized carbons (Fsp3) is 0.100. The fourth-order valence-corrected chi connectivity index (χ4v) is 2.21. The Kier molecular flexibility index (Phi) is 2.02. The summed E-state index contributed by atoms with van der Waals surface area (Å²) in [5, 5.41) is 8.77. The maximum atomic E-state index is 10.7. The van der Waals surface area contributed by atoms with Gasteiger partial charge in [-0.05, 0) is 24.1 Å². The van der Waals surface area contributed by atoms with Gasteiger partial charge in [-0.15, -0.1) is 11.3 Å². The molecule has 0 radical (unpaired) electrons. The SMILES string of the molecule is O=C(O)c1cc2c(s1)C=CC=CC2. The monoisotopic (exact) mass is 192 g/mol. The van der Waals surface area contributed by atoms with E-state index < -0.39 is 5.97 Å². The minimum Gasteiger partial charge on any atom is -0.477 e. The van der Waals surface area contributed by atoms with E-state index >= 15 is 0 Å². The summed E-state index contributed by atoms with van der Waals surface area (Å²) in [4.78, 5) is 12.2. The largest absolute Gasteiger partial charge is 0.477 e. The first kappa shape index (κ1) is 8.26. The van der Waals surface area contributed by atoms with E-state index in [9.17, 15) is 4.79 Å². The third-order valence-corrected chi connectivity index (χ3v) is 3.02. The summed E-state index contributed by atoms with van der Waals surface area (Å²) in [6.07, 6.45) is 8.73. The van der Waals surface area contributed by atoms with E-state index in [1.54, 1.807) is 6.07 Å². The number of rotatable bonds is 1. The maximum absolute atomic E-state index is 10.7. The Morgan fingerprint density at radius 1 is 1.46 bits per heavy atom. The first-order chi connectivity index (χ1) is 6.27. The summed E-state index contributed by atoms with van der Waals surface area (Å²) in [5.41, 5.74) is 1.10. The first-order valence-corrected chi connectivity index (χ1v) is 4.78. The van der Waals surface area contributed by atoms with Crippen molar-refractivity contribution in [1.29, 1.82) is 0 Å². The van der Waals surface area contributed by atoms with Crippen LogP contribution >= 0.6 is 11.3 Å². The van der Waals surface area contributed by atoms with Crippen molar-refractivity contribution < 1.29 is 9.90 Å². The fourth-order valence-electron chi connectivity index (χ4n) is 1.27. The molecular weight excluding hydrogens is 184 g/mol. The predicted molar refractivity (Wildman–Crippen MR) is 53.2 cm³/mol. The summed E-state index contributed by atoms with van der Waals surface area (Å²) in [6, 6.07) is 1.75. The molecule has 0 aromatic carbocycles. The van der Waals surface area contributed by atoms with E-state index in [2.05, 4.69) is 0 Å². The molecule has 0 saturated carbocycles. The molecule has 1 aromatic rings. The highest BCUT2D eigenvalue weighted by atomic mass is 32.1. The smallest absolute Gasteiger partial charge is 0.345 e. The van der Waals surface area contributed by atoms with E-state index in [0.717, 1.165) is 16.9 Å². The van der Waals surface area contributed by atoms with Gasteiger partial charge >= 0.3 is 5.97 Å². The number of carbonyl (C=O) groups is 1. The first-order valence-electron chi connectivity index (χ1n) is 3.96. The Morgan fingerprint density at radius 2 is 2.31 bits per heavy atom. The zero-order valence-corrected chi connectivity index (χ0v) is 7.67. The minimum atomic E-state index is -0.838. The molecule has 0 amide bonds. The lowest BCUT2D eigenvalue weighted by Gasteiger charge is -1.89. The summed E-state index contributed by atoms with van der Waals surface area (Å²) in [7, 11) is 0. The average molecular weight is 192 g/mol. The highest BCUT2D eigenvalue weighted by molar-refractivity contribution is 7.15. The van der Waals surface area contributed by atoms with Gasteiger partial charge in [0.1, 0.15) is 4.88 Å². The number of hydrogen-bond donors (Lipinski definition) is 1. The standard InChI is InChI=1S/C10H8O2S/c11-10(12)9-6-7-4-2-1-3-5-8(7)13-9/h1-3,5-6H,4H2,(H,11,12). The molecule has 0 spiro atoms. The zero-order valence-electron chi connectivity index (χ0n) is 6.86. The lowest BCUT2D eigenvalue weighted by molar-refractivity contribution is 0.0702.